The smallest absolute Gasteiger partial charge is 0.220 e. The second-order valence-corrected chi connectivity index (χ2v) is 5.11. The van der Waals surface area contributed by atoms with Gasteiger partial charge in [-0.2, -0.15) is 0 Å². The van der Waals surface area contributed by atoms with Gasteiger partial charge in [0.15, 0.2) is 0 Å². The number of allylic oxidation sites excluding steroid dienone is 2. The molecule has 90 valence electrons. The van der Waals surface area contributed by atoms with Crippen LogP contribution in [0.4, 0.5) is 0 Å². The molecule has 0 spiro atoms. The minimum atomic E-state index is 0.232. The first-order chi connectivity index (χ1) is 7.74. The first kappa shape index (κ1) is 11.6. The summed E-state index contributed by atoms with van der Waals surface area (Å²) in [6.07, 6.45) is 9.46. The second-order valence-electron chi connectivity index (χ2n) is 5.11. The number of carbonyl (C=O) groups is 1. The van der Waals surface area contributed by atoms with Crippen LogP contribution >= 0.6 is 0 Å². The van der Waals surface area contributed by atoms with Crippen LogP contribution in [0, 0.1) is 5.92 Å². The molecule has 1 saturated heterocycles. The van der Waals surface area contributed by atoms with Gasteiger partial charge in [-0.3, -0.25) is 4.79 Å². The number of carbonyl (C=O) groups excluding carboxylic acids is 1. The average Bonchev–Trinajstić information content (AvgIpc) is 2.70. The van der Waals surface area contributed by atoms with Gasteiger partial charge < -0.3 is 10.6 Å². The summed E-state index contributed by atoms with van der Waals surface area (Å²) in [5.74, 6) is 0.717. The molecule has 2 aliphatic rings. The van der Waals surface area contributed by atoms with Gasteiger partial charge in [-0.15, -0.1) is 0 Å². The van der Waals surface area contributed by atoms with Crippen molar-refractivity contribution in [3.8, 4) is 0 Å². The molecule has 1 amide bonds. The molecule has 0 bridgehead atoms. The number of hydrogen-bond acceptors (Lipinski definition) is 2. The van der Waals surface area contributed by atoms with Crippen LogP contribution < -0.4 is 10.6 Å². The van der Waals surface area contributed by atoms with E-state index in [4.69, 9.17) is 0 Å². The van der Waals surface area contributed by atoms with E-state index in [2.05, 4.69) is 29.7 Å². The van der Waals surface area contributed by atoms with Crippen LogP contribution in [0.2, 0.25) is 0 Å². The number of amides is 1. The normalized spacial score (nSPS) is 33.9. The predicted molar refractivity (Wildman–Crippen MR) is 65.1 cm³/mol. The fraction of sp³-hybridized carbons (Fsp3) is 0.769. The Labute approximate surface area is 97.7 Å². The summed E-state index contributed by atoms with van der Waals surface area (Å²) in [6, 6.07) is 0.916. The molecule has 3 nitrogen and oxygen atoms in total. The third-order valence-electron chi connectivity index (χ3n) is 3.55. The van der Waals surface area contributed by atoms with Crippen LogP contribution in [0.1, 0.15) is 39.0 Å². The number of rotatable bonds is 3. The molecule has 16 heavy (non-hydrogen) atoms. The Bertz CT molecular complexity index is 275. The minimum Gasteiger partial charge on any atom is -0.353 e. The van der Waals surface area contributed by atoms with Gasteiger partial charge in [0.05, 0.1) is 0 Å². The maximum absolute atomic E-state index is 11.8. The molecule has 1 aliphatic carbocycles. The van der Waals surface area contributed by atoms with Crippen molar-refractivity contribution in [3.63, 3.8) is 0 Å². The first-order valence-electron chi connectivity index (χ1n) is 6.43. The molecular formula is C13H22N2O. The predicted octanol–water partition coefficient (Wildman–Crippen LogP) is 1.60. The van der Waals surface area contributed by atoms with Gasteiger partial charge in [-0.25, -0.2) is 0 Å². The lowest BCUT2D eigenvalue weighted by Gasteiger charge is -2.28. The third kappa shape index (κ3) is 3.34. The fourth-order valence-corrected chi connectivity index (χ4v) is 2.65. The number of hydrogen-bond donors (Lipinski definition) is 2. The maximum Gasteiger partial charge on any atom is 0.220 e. The van der Waals surface area contributed by atoms with Crippen LogP contribution in [0.3, 0.4) is 0 Å². The van der Waals surface area contributed by atoms with Crippen LogP contribution in [0.15, 0.2) is 12.2 Å². The highest BCUT2D eigenvalue weighted by Gasteiger charge is 2.21. The highest BCUT2D eigenvalue weighted by Crippen LogP contribution is 2.20. The topological polar surface area (TPSA) is 41.1 Å². The van der Waals surface area contributed by atoms with Gasteiger partial charge in [0.2, 0.25) is 5.91 Å². The van der Waals surface area contributed by atoms with E-state index in [1.165, 1.54) is 0 Å². The van der Waals surface area contributed by atoms with Crippen molar-refractivity contribution < 1.29 is 4.79 Å². The summed E-state index contributed by atoms with van der Waals surface area (Å²) in [5, 5.41) is 6.56. The van der Waals surface area contributed by atoms with E-state index in [0.717, 1.165) is 32.2 Å². The van der Waals surface area contributed by atoms with Crippen molar-refractivity contribution in [2.75, 3.05) is 6.54 Å². The molecule has 2 rings (SSSR count). The largest absolute Gasteiger partial charge is 0.353 e. The summed E-state index contributed by atoms with van der Waals surface area (Å²) in [5.41, 5.74) is 0. The molecule has 0 aromatic rings. The summed E-state index contributed by atoms with van der Waals surface area (Å²) >= 11 is 0. The van der Waals surface area contributed by atoms with E-state index in [-0.39, 0.29) is 5.91 Å². The molecule has 3 heteroatoms. The van der Waals surface area contributed by atoms with Crippen molar-refractivity contribution >= 4 is 5.91 Å². The first-order valence-corrected chi connectivity index (χ1v) is 6.43. The number of piperidine rings is 1. The molecule has 0 radical (unpaired) electrons. The molecular weight excluding hydrogens is 200 g/mol. The zero-order valence-corrected chi connectivity index (χ0v) is 10.0. The van der Waals surface area contributed by atoms with Crippen molar-refractivity contribution in [1.82, 2.24) is 10.6 Å². The Morgan fingerprint density at radius 3 is 3.06 bits per heavy atom. The Morgan fingerprint density at radius 1 is 1.50 bits per heavy atom. The van der Waals surface area contributed by atoms with E-state index in [9.17, 15) is 4.79 Å². The quantitative estimate of drug-likeness (QED) is 0.712. The molecule has 0 aromatic heterocycles. The second kappa shape index (κ2) is 5.48. The highest BCUT2D eigenvalue weighted by molar-refractivity contribution is 5.76. The van der Waals surface area contributed by atoms with Crippen molar-refractivity contribution in [2.24, 2.45) is 5.92 Å². The van der Waals surface area contributed by atoms with Crippen molar-refractivity contribution in [2.45, 2.75) is 51.1 Å². The highest BCUT2D eigenvalue weighted by atomic mass is 16.1. The lowest BCUT2D eigenvalue weighted by molar-refractivity contribution is -0.122. The molecule has 1 aliphatic heterocycles. The maximum atomic E-state index is 11.8. The number of nitrogens with one attached hydrogen (secondary N) is 2. The summed E-state index contributed by atoms with van der Waals surface area (Å²) < 4.78 is 0. The van der Waals surface area contributed by atoms with Gasteiger partial charge in [0, 0.05) is 18.5 Å². The SMILES string of the molecule is CC1CC(NC(=O)CC2C=CCC2)CCN1. The molecule has 2 N–H and O–H groups in total. The van der Waals surface area contributed by atoms with Crippen molar-refractivity contribution in [1.29, 1.82) is 0 Å². The van der Waals surface area contributed by atoms with Gasteiger partial charge in [-0.1, -0.05) is 12.2 Å². The van der Waals surface area contributed by atoms with E-state index < -0.39 is 0 Å². The Hall–Kier alpha value is -0.830. The summed E-state index contributed by atoms with van der Waals surface area (Å²) in [4.78, 5) is 11.8. The molecule has 3 atom stereocenters. The fourth-order valence-electron chi connectivity index (χ4n) is 2.65. The summed E-state index contributed by atoms with van der Waals surface area (Å²) in [7, 11) is 0. The Kier molecular flexibility index (Phi) is 3.99. The molecule has 0 aromatic carbocycles. The van der Waals surface area contributed by atoms with Gasteiger partial charge >= 0.3 is 0 Å². The standard InChI is InChI=1S/C13H22N2O/c1-10-8-12(6-7-14-10)15-13(16)9-11-4-2-3-5-11/h2,4,10-12,14H,3,5-9H2,1H3,(H,15,16). The van der Waals surface area contributed by atoms with Crippen LogP contribution in [0.25, 0.3) is 0 Å². The lowest BCUT2D eigenvalue weighted by Crippen LogP contribution is -2.46. The van der Waals surface area contributed by atoms with Gasteiger partial charge in [0.25, 0.3) is 0 Å². The lowest BCUT2D eigenvalue weighted by atomic mass is 9.99. The van der Waals surface area contributed by atoms with Crippen LogP contribution in [-0.4, -0.2) is 24.5 Å². The Balaban J connectivity index is 1.71. The van der Waals surface area contributed by atoms with E-state index in [0.29, 0.717) is 24.4 Å². The van der Waals surface area contributed by atoms with Gasteiger partial charge in [0.1, 0.15) is 0 Å². The molecule has 0 saturated carbocycles. The zero-order valence-electron chi connectivity index (χ0n) is 10.0. The van der Waals surface area contributed by atoms with Crippen LogP contribution in [0.5, 0.6) is 0 Å². The van der Waals surface area contributed by atoms with E-state index in [1.54, 1.807) is 0 Å². The molecule has 1 fully saturated rings. The van der Waals surface area contributed by atoms with Crippen molar-refractivity contribution in [3.05, 3.63) is 12.2 Å². The average molecular weight is 222 g/mol. The Morgan fingerprint density at radius 2 is 2.38 bits per heavy atom. The van der Waals surface area contributed by atoms with Crippen LogP contribution in [-0.2, 0) is 4.79 Å². The van der Waals surface area contributed by atoms with Gasteiger partial charge in [-0.05, 0) is 45.1 Å². The third-order valence-corrected chi connectivity index (χ3v) is 3.55. The van der Waals surface area contributed by atoms with E-state index >= 15 is 0 Å². The minimum absolute atomic E-state index is 0.232. The zero-order chi connectivity index (χ0) is 11.4. The summed E-state index contributed by atoms with van der Waals surface area (Å²) in [6.45, 7) is 3.20. The monoisotopic (exact) mass is 222 g/mol. The molecule has 3 unspecified atom stereocenters. The molecule has 1 heterocycles. The van der Waals surface area contributed by atoms with E-state index in [1.807, 2.05) is 0 Å².